The normalized spacial score (nSPS) is 25.3. The summed E-state index contributed by atoms with van der Waals surface area (Å²) in [6.45, 7) is -0.455. The van der Waals surface area contributed by atoms with Crippen LogP contribution in [0, 0.1) is 6.08 Å². The first-order valence-electron chi connectivity index (χ1n) is 8.27. The fourth-order valence-corrected chi connectivity index (χ4v) is 3.90. The number of aromatic nitrogens is 4. The first-order chi connectivity index (χ1) is 13.1. The number of thioether (sulfide) groups is 1. The van der Waals surface area contributed by atoms with Crippen LogP contribution in [0.4, 0.5) is 4.39 Å². The van der Waals surface area contributed by atoms with Crippen molar-refractivity contribution in [1.29, 1.82) is 0 Å². The van der Waals surface area contributed by atoms with Gasteiger partial charge in [-0.15, -0.1) is 0 Å². The molecule has 0 amide bonds. The molecule has 10 heteroatoms. The minimum atomic E-state index is -1.31. The van der Waals surface area contributed by atoms with Gasteiger partial charge in [0.1, 0.15) is 28.9 Å². The van der Waals surface area contributed by atoms with E-state index in [4.69, 9.17) is 4.74 Å². The van der Waals surface area contributed by atoms with Gasteiger partial charge in [0.2, 0.25) is 0 Å². The molecule has 8 nitrogen and oxygen atoms in total. The van der Waals surface area contributed by atoms with Crippen molar-refractivity contribution in [2.24, 2.45) is 0 Å². The smallest absolute Gasteiger partial charge is 0.311 e. The molecule has 3 aromatic rings. The second kappa shape index (κ2) is 7.49. The van der Waals surface area contributed by atoms with Crippen molar-refractivity contribution >= 4 is 22.9 Å². The van der Waals surface area contributed by atoms with Gasteiger partial charge in [0.25, 0.3) is 0 Å². The maximum atomic E-state index is 14.0. The van der Waals surface area contributed by atoms with Crippen LogP contribution >= 0.6 is 11.8 Å². The van der Waals surface area contributed by atoms with E-state index in [1.54, 1.807) is 0 Å². The summed E-state index contributed by atoms with van der Waals surface area (Å²) in [7, 11) is 0. The van der Waals surface area contributed by atoms with Gasteiger partial charge in [-0.25, -0.2) is 4.98 Å². The first-order valence-corrected chi connectivity index (χ1v) is 9.26. The highest BCUT2D eigenvalue weighted by Crippen LogP contribution is 2.33. The van der Waals surface area contributed by atoms with Crippen molar-refractivity contribution in [2.75, 3.05) is 6.61 Å². The van der Waals surface area contributed by atoms with Crippen LogP contribution in [-0.2, 0) is 10.5 Å². The van der Waals surface area contributed by atoms with E-state index in [0.29, 0.717) is 16.3 Å². The fourth-order valence-electron chi connectivity index (χ4n) is 2.99. The second-order valence-electron chi connectivity index (χ2n) is 6.12. The zero-order valence-electron chi connectivity index (χ0n) is 14.0. The van der Waals surface area contributed by atoms with E-state index >= 15 is 0 Å². The summed E-state index contributed by atoms with van der Waals surface area (Å²) in [5.41, 5.74) is 1.57. The number of nitrogens with zero attached hydrogens (tertiary/aromatic N) is 4. The summed E-state index contributed by atoms with van der Waals surface area (Å²) in [4.78, 5) is 11.9. The molecule has 3 N–H and O–H groups in total. The predicted molar refractivity (Wildman–Crippen MR) is 94.3 cm³/mol. The lowest BCUT2D eigenvalue weighted by Gasteiger charge is -2.16. The van der Waals surface area contributed by atoms with Gasteiger partial charge < -0.3 is 20.1 Å². The number of hydrogen-bond acceptors (Lipinski definition) is 8. The zero-order chi connectivity index (χ0) is 19.0. The Labute approximate surface area is 157 Å². The topological polar surface area (TPSA) is 114 Å². The molecule has 0 spiro atoms. The number of ether oxygens (including phenoxy) is 1. The van der Waals surface area contributed by atoms with E-state index < -0.39 is 37.2 Å². The van der Waals surface area contributed by atoms with Gasteiger partial charge in [0.15, 0.2) is 11.9 Å². The lowest BCUT2D eigenvalue weighted by atomic mass is 10.1. The average Bonchev–Trinajstić information content (AvgIpc) is 3.22. The minimum Gasteiger partial charge on any atom is -0.394 e. The molecule has 3 heterocycles. The lowest BCUT2D eigenvalue weighted by molar-refractivity contribution is -0.0511. The number of aliphatic hydroxyl groups excluding tert-OH is 3. The Bertz CT molecular complexity index is 941. The molecule has 1 aliphatic heterocycles. The van der Waals surface area contributed by atoms with Gasteiger partial charge in [-0.1, -0.05) is 42.1 Å². The van der Waals surface area contributed by atoms with Crippen LogP contribution in [0.1, 0.15) is 11.8 Å². The van der Waals surface area contributed by atoms with E-state index in [2.05, 4.69) is 15.0 Å². The largest absolute Gasteiger partial charge is 0.394 e. The minimum absolute atomic E-state index is 0.146. The Balaban J connectivity index is 1.66. The molecule has 0 radical (unpaired) electrons. The molecule has 4 rings (SSSR count). The molecule has 27 heavy (non-hydrogen) atoms. The number of imidazole rings is 1. The summed E-state index contributed by atoms with van der Waals surface area (Å²) in [6.07, 6.45) is -4.13. The van der Waals surface area contributed by atoms with Gasteiger partial charge in [-0.05, 0) is 5.56 Å². The van der Waals surface area contributed by atoms with Crippen LogP contribution in [-0.4, -0.2) is 59.8 Å². The maximum absolute atomic E-state index is 14.0. The highest BCUT2D eigenvalue weighted by atomic mass is 32.2. The molecular formula is C17H17FN4O4S. The van der Waals surface area contributed by atoms with E-state index in [-0.39, 0.29) is 5.65 Å². The molecule has 1 fully saturated rings. The highest BCUT2D eigenvalue weighted by molar-refractivity contribution is 7.98. The molecule has 0 saturated carbocycles. The van der Waals surface area contributed by atoms with Crippen molar-refractivity contribution in [2.45, 2.75) is 35.3 Å². The van der Waals surface area contributed by atoms with Gasteiger partial charge in [0, 0.05) is 5.75 Å². The third-order valence-electron chi connectivity index (χ3n) is 4.37. The molecular weight excluding hydrogens is 375 g/mol. The molecule has 0 unspecified atom stereocenters. The van der Waals surface area contributed by atoms with Crippen LogP contribution in [0.15, 0.2) is 41.7 Å². The quantitative estimate of drug-likeness (QED) is 0.333. The van der Waals surface area contributed by atoms with Gasteiger partial charge in [0.05, 0.1) is 12.9 Å². The average molecular weight is 392 g/mol. The Morgan fingerprint density at radius 2 is 1.93 bits per heavy atom. The molecule has 1 aliphatic rings. The Hall–Kier alpha value is -2.11. The van der Waals surface area contributed by atoms with Crippen LogP contribution < -0.4 is 0 Å². The molecule has 1 saturated heterocycles. The third kappa shape index (κ3) is 3.42. The molecule has 142 valence electrons. The van der Waals surface area contributed by atoms with E-state index in [1.807, 2.05) is 30.3 Å². The number of halogens is 1. The maximum Gasteiger partial charge on any atom is 0.311 e. The highest BCUT2D eigenvalue weighted by Gasteiger charge is 2.44. The van der Waals surface area contributed by atoms with E-state index in [1.165, 1.54) is 22.7 Å². The van der Waals surface area contributed by atoms with E-state index in [9.17, 15) is 19.7 Å². The standard InChI is InChI=1S/C17H17FN4O4S/c18-17-20-14-11(15(21-17)27-7-9-4-2-1-3-5-9)19-8-22(14)16-13(25)12(24)10(6-23)26-16/h1-5,8,10,12-13,16,23-25H,6-7H2/t10-,12+,13-,16+/m0/s1. The number of hydrogen-bond donors (Lipinski definition) is 3. The van der Waals surface area contributed by atoms with Gasteiger partial charge >= 0.3 is 6.08 Å². The SMILES string of the molecule is OC[C@@H]1O[C@@H](n2cnc3c(SCc4ccccc4)nc(F)nc32)[C@@H](O)[C@@H]1O. The Morgan fingerprint density at radius 3 is 2.63 bits per heavy atom. The number of benzene rings is 1. The second-order valence-corrected chi connectivity index (χ2v) is 7.09. The lowest BCUT2D eigenvalue weighted by Crippen LogP contribution is -2.33. The summed E-state index contributed by atoms with van der Waals surface area (Å²) in [5, 5.41) is 29.7. The molecule has 0 bridgehead atoms. The number of rotatable bonds is 5. The summed E-state index contributed by atoms with van der Waals surface area (Å²) in [5.74, 6) is 0.576. The molecule has 2 aromatic heterocycles. The first kappa shape index (κ1) is 18.3. The van der Waals surface area contributed by atoms with Crippen LogP contribution in [0.3, 0.4) is 0 Å². The van der Waals surface area contributed by atoms with Crippen molar-refractivity contribution in [3.63, 3.8) is 0 Å². The molecule has 1 aromatic carbocycles. The Kier molecular flexibility index (Phi) is 5.06. The van der Waals surface area contributed by atoms with Gasteiger partial charge in [-0.3, -0.25) is 4.57 Å². The number of fused-ring (bicyclic) bond motifs is 1. The number of aliphatic hydroxyl groups is 3. The monoisotopic (exact) mass is 392 g/mol. The predicted octanol–water partition coefficient (Wildman–Crippen LogP) is 0.869. The molecule has 4 atom stereocenters. The summed E-state index contributed by atoms with van der Waals surface area (Å²) in [6, 6.07) is 9.67. The summed E-state index contributed by atoms with van der Waals surface area (Å²) >= 11 is 1.32. The Morgan fingerprint density at radius 1 is 1.15 bits per heavy atom. The third-order valence-corrected chi connectivity index (χ3v) is 5.41. The summed E-state index contributed by atoms with van der Waals surface area (Å²) < 4.78 is 20.8. The van der Waals surface area contributed by atoms with E-state index in [0.717, 1.165) is 5.56 Å². The van der Waals surface area contributed by atoms with Crippen molar-refractivity contribution in [1.82, 2.24) is 19.5 Å². The van der Waals surface area contributed by atoms with Crippen molar-refractivity contribution in [3.05, 3.63) is 48.3 Å². The van der Waals surface area contributed by atoms with Crippen LogP contribution in [0.5, 0.6) is 0 Å². The van der Waals surface area contributed by atoms with Crippen molar-refractivity contribution < 1.29 is 24.4 Å². The van der Waals surface area contributed by atoms with Gasteiger partial charge in [-0.2, -0.15) is 14.4 Å². The zero-order valence-corrected chi connectivity index (χ0v) is 14.8. The van der Waals surface area contributed by atoms with Crippen molar-refractivity contribution in [3.8, 4) is 0 Å². The van der Waals surface area contributed by atoms with Crippen LogP contribution in [0.2, 0.25) is 0 Å². The molecule has 0 aliphatic carbocycles. The fraction of sp³-hybridized carbons (Fsp3) is 0.353. The van der Waals surface area contributed by atoms with Crippen LogP contribution in [0.25, 0.3) is 11.2 Å².